The molecule has 1 rings (SSSR count). The van der Waals surface area contributed by atoms with Crippen molar-refractivity contribution in [1.82, 2.24) is 5.32 Å². The first-order valence-electron chi connectivity index (χ1n) is 5.91. The number of methoxy groups -OCH3 is 1. The molecule has 0 aromatic heterocycles. The number of nitrogens with one attached hydrogen (secondary N) is 1. The number of rotatable bonds is 8. The van der Waals surface area contributed by atoms with Crippen LogP contribution in [0.3, 0.4) is 0 Å². The van der Waals surface area contributed by atoms with Crippen molar-refractivity contribution in [3.8, 4) is 11.5 Å². The summed E-state index contributed by atoms with van der Waals surface area (Å²) in [6, 6.07) is 3.70. The average molecular weight is 290 g/mol. The van der Waals surface area contributed by atoms with Crippen LogP contribution in [0.4, 0.5) is 0 Å². The molecule has 1 aromatic rings. The van der Waals surface area contributed by atoms with Crippen LogP contribution in [0.1, 0.15) is 12.5 Å². The van der Waals surface area contributed by atoms with Gasteiger partial charge in [-0.2, -0.15) is 11.8 Å². The molecule has 0 aliphatic rings. The van der Waals surface area contributed by atoms with Gasteiger partial charge in [0.2, 0.25) is 0 Å². The second-order valence-electron chi connectivity index (χ2n) is 3.72. The van der Waals surface area contributed by atoms with Crippen LogP contribution < -0.4 is 14.8 Å². The van der Waals surface area contributed by atoms with Crippen molar-refractivity contribution < 1.29 is 9.47 Å². The lowest BCUT2D eigenvalue weighted by atomic mass is 10.2. The molecule has 1 N–H and O–H groups in total. The second kappa shape index (κ2) is 8.51. The van der Waals surface area contributed by atoms with Crippen molar-refractivity contribution in [2.24, 2.45) is 0 Å². The summed E-state index contributed by atoms with van der Waals surface area (Å²) >= 11 is 7.83. The summed E-state index contributed by atoms with van der Waals surface area (Å²) in [5, 5.41) is 3.94. The molecular formula is C13H20ClNO2S. The van der Waals surface area contributed by atoms with Gasteiger partial charge in [0.05, 0.1) is 13.7 Å². The molecule has 0 unspecified atom stereocenters. The maximum atomic E-state index is 6.07. The van der Waals surface area contributed by atoms with Crippen molar-refractivity contribution in [2.75, 3.05) is 32.3 Å². The number of hydrogen-bond acceptors (Lipinski definition) is 4. The van der Waals surface area contributed by atoms with E-state index in [1.807, 2.05) is 6.07 Å². The predicted octanol–water partition coefficient (Wildman–Crippen LogP) is 3.20. The van der Waals surface area contributed by atoms with E-state index in [1.54, 1.807) is 24.9 Å². The molecule has 18 heavy (non-hydrogen) atoms. The van der Waals surface area contributed by atoms with Gasteiger partial charge >= 0.3 is 0 Å². The summed E-state index contributed by atoms with van der Waals surface area (Å²) in [6.07, 6.45) is 2.06. The normalized spacial score (nSPS) is 10.4. The summed E-state index contributed by atoms with van der Waals surface area (Å²) < 4.78 is 11.1. The first-order chi connectivity index (χ1) is 8.72. The van der Waals surface area contributed by atoms with Gasteiger partial charge in [0.1, 0.15) is 0 Å². The fourth-order valence-electron chi connectivity index (χ4n) is 1.56. The molecule has 0 aliphatic carbocycles. The lowest BCUT2D eigenvalue weighted by molar-refractivity contribution is 0.309. The fraction of sp³-hybridized carbons (Fsp3) is 0.538. The van der Waals surface area contributed by atoms with Crippen LogP contribution in [0, 0.1) is 0 Å². The van der Waals surface area contributed by atoms with Crippen LogP contribution in [-0.4, -0.2) is 32.3 Å². The minimum atomic E-state index is 0.664. The molecule has 0 atom stereocenters. The Hall–Kier alpha value is -0.580. The zero-order valence-corrected chi connectivity index (χ0v) is 12.7. The molecule has 0 amide bonds. The molecule has 1 aromatic carbocycles. The Morgan fingerprint density at radius 1 is 1.39 bits per heavy atom. The third-order valence-electron chi connectivity index (χ3n) is 2.42. The Morgan fingerprint density at radius 2 is 2.17 bits per heavy atom. The quantitative estimate of drug-likeness (QED) is 0.745. The van der Waals surface area contributed by atoms with Crippen LogP contribution in [0.5, 0.6) is 11.5 Å². The van der Waals surface area contributed by atoms with E-state index in [2.05, 4.69) is 18.5 Å². The highest BCUT2D eigenvalue weighted by Gasteiger charge is 2.12. The molecule has 0 heterocycles. The maximum Gasteiger partial charge on any atom is 0.165 e. The van der Waals surface area contributed by atoms with Crippen LogP contribution in [-0.2, 0) is 6.54 Å². The molecule has 5 heteroatoms. The van der Waals surface area contributed by atoms with E-state index in [0.29, 0.717) is 17.4 Å². The highest BCUT2D eigenvalue weighted by molar-refractivity contribution is 7.98. The third kappa shape index (κ3) is 4.59. The molecule has 0 bridgehead atoms. The number of benzene rings is 1. The first-order valence-corrected chi connectivity index (χ1v) is 7.69. The van der Waals surface area contributed by atoms with Crippen LogP contribution in [0.2, 0.25) is 5.02 Å². The van der Waals surface area contributed by atoms with Gasteiger partial charge in [-0.25, -0.2) is 0 Å². The minimum Gasteiger partial charge on any atom is -0.493 e. The topological polar surface area (TPSA) is 30.5 Å². The molecule has 102 valence electrons. The Labute approximate surface area is 118 Å². The minimum absolute atomic E-state index is 0.664. The van der Waals surface area contributed by atoms with E-state index >= 15 is 0 Å². The van der Waals surface area contributed by atoms with E-state index in [1.165, 1.54) is 0 Å². The molecule has 3 nitrogen and oxygen atoms in total. The number of ether oxygens (including phenoxy) is 2. The summed E-state index contributed by atoms with van der Waals surface area (Å²) in [4.78, 5) is 0. The summed E-state index contributed by atoms with van der Waals surface area (Å²) in [6.45, 7) is 4.36. The Kier molecular flexibility index (Phi) is 7.32. The molecular weight excluding hydrogens is 270 g/mol. The summed E-state index contributed by atoms with van der Waals surface area (Å²) in [5.41, 5.74) is 1.03. The third-order valence-corrected chi connectivity index (χ3v) is 3.21. The van der Waals surface area contributed by atoms with E-state index in [0.717, 1.165) is 30.2 Å². The molecule has 0 spiro atoms. The second-order valence-corrected chi connectivity index (χ2v) is 5.14. The van der Waals surface area contributed by atoms with Gasteiger partial charge in [-0.15, -0.1) is 0 Å². The van der Waals surface area contributed by atoms with Crippen LogP contribution in [0.25, 0.3) is 0 Å². The fourth-order valence-corrected chi connectivity index (χ4v) is 2.04. The molecule has 0 aliphatic heterocycles. The van der Waals surface area contributed by atoms with Gasteiger partial charge in [-0.1, -0.05) is 18.5 Å². The molecule has 0 radical (unpaired) electrons. The SMILES string of the molecule is CCNCc1cc(Cl)cc(OC)c1OCCSC. The van der Waals surface area contributed by atoms with Crippen molar-refractivity contribution in [1.29, 1.82) is 0 Å². The maximum absolute atomic E-state index is 6.07. The zero-order chi connectivity index (χ0) is 13.4. The van der Waals surface area contributed by atoms with E-state index in [9.17, 15) is 0 Å². The van der Waals surface area contributed by atoms with Crippen molar-refractivity contribution in [2.45, 2.75) is 13.5 Å². The van der Waals surface area contributed by atoms with Crippen molar-refractivity contribution in [3.63, 3.8) is 0 Å². The Bertz CT molecular complexity index is 374. The highest BCUT2D eigenvalue weighted by Crippen LogP contribution is 2.34. The van der Waals surface area contributed by atoms with Crippen LogP contribution >= 0.6 is 23.4 Å². The van der Waals surface area contributed by atoms with Gasteiger partial charge in [0, 0.05) is 29.0 Å². The van der Waals surface area contributed by atoms with Gasteiger partial charge < -0.3 is 14.8 Å². The highest BCUT2D eigenvalue weighted by atomic mass is 35.5. The molecule has 0 saturated carbocycles. The first kappa shape index (κ1) is 15.5. The monoisotopic (exact) mass is 289 g/mol. The number of halogens is 1. The van der Waals surface area contributed by atoms with Crippen LogP contribution in [0.15, 0.2) is 12.1 Å². The molecule has 0 saturated heterocycles. The average Bonchev–Trinajstić information content (AvgIpc) is 2.37. The zero-order valence-electron chi connectivity index (χ0n) is 11.1. The van der Waals surface area contributed by atoms with E-state index in [4.69, 9.17) is 21.1 Å². The van der Waals surface area contributed by atoms with Gasteiger partial charge in [0.25, 0.3) is 0 Å². The lowest BCUT2D eigenvalue weighted by Crippen LogP contribution is -2.14. The van der Waals surface area contributed by atoms with Gasteiger partial charge in [-0.3, -0.25) is 0 Å². The smallest absolute Gasteiger partial charge is 0.165 e. The van der Waals surface area contributed by atoms with Crippen molar-refractivity contribution in [3.05, 3.63) is 22.7 Å². The number of hydrogen-bond donors (Lipinski definition) is 1. The summed E-state index contributed by atoms with van der Waals surface area (Å²) in [5.74, 6) is 2.43. The Balaban J connectivity index is 2.92. The Morgan fingerprint density at radius 3 is 2.78 bits per heavy atom. The van der Waals surface area contributed by atoms with E-state index < -0.39 is 0 Å². The molecule has 0 fully saturated rings. The predicted molar refractivity (Wildman–Crippen MR) is 79.3 cm³/mol. The van der Waals surface area contributed by atoms with Gasteiger partial charge in [-0.05, 0) is 18.9 Å². The van der Waals surface area contributed by atoms with Gasteiger partial charge in [0.15, 0.2) is 11.5 Å². The largest absolute Gasteiger partial charge is 0.493 e. The number of thioether (sulfide) groups is 1. The standard InChI is InChI=1S/C13H20ClNO2S/c1-4-15-9-10-7-11(14)8-12(16-2)13(10)17-5-6-18-3/h7-8,15H,4-6,9H2,1-3H3. The summed E-state index contributed by atoms with van der Waals surface area (Å²) in [7, 11) is 1.63. The lowest BCUT2D eigenvalue weighted by Gasteiger charge is -2.15. The van der Waals surface area contributed by atoms with Crippen molar-refractivity contribution >= 4 is 23.4 Å². The van der Waals surface area contributed by atoms with E-state index in [-0.39, 0.29) is 0 Å².